The zero-order valence-corrected chi connectivity index (χ0v) is 8.82. The number of aromatic nitrogens is 4. The number of rotatable bonds is 2. The van der Waals surface area contributed by atoms with E-state index in [4.69, 9.17) is 5.73 Å². The fourth-order valence-electron chi connectivity index (χ4n) is 1.32. The molecule has 0 radical (unpaired) electrons. The molecule has 2 aromatic rings. The minimum Gasteiger partial charge on any atom is -0.318 e. The Morgan fingerprint density at radius 1 is 1.57 bits per heavy atom. The Morgan fingerprint density at radius 3 is 2.86 bits per heavy atom. The van der Waals surface area contributed by atoms with Crippen LogP contribution in [-0.2, 0) is 7.05 Å². The zero-order valence-electron chi connectivity index (χ0n) is 8.01. The first-order valence-corrected chi connectivity index (χ1v) is 5.08. The van der Waals surface area contributed by atoms with Crippen LogP contribution in [0.15, 0.2) is 11.7 Å². The largest absolute Gasteiger partial charge is 0.318 e. The van der Waals surface area contributed by atoms with Gasteiger partial charge in [0.15, 0.2) is 0 Å². The van der Waals surface area contributed by atoms with Gasteiger partial charge in [0, 0.05) is 7.05 Å². The van der Waals surface area contributed by atoms with Gasteiger partial charge in [0.25, 0.3) is 0 Å². The number of thiazole rings is 1. The third kappa shape index (κ3) is 1.42. The van der Waals surface area contributed by atoms with Crippen molar-refractivity contribution in [2.75, 3.05) is 0 Å². The van der Waals surface area contributed by atoms with Crippen molar-refractivity contribution in [2.45, 2.75) is 13.0 Å². The lowest BCUT2D eigenvalue weighted by Crippen LogP contribution is -2.15. The van der Waals surface area contributed by atoms with Gasteiger partial charge in [0.05, 0.1) is 34.0 Å². The highest BCUT2D eigenvalue weighted by molar-refractivity contribution is 7.09. The maximum atomic E-state index is 6.08. The van der Waals surface area contributed by atoms with Crippen LogP contribution in [0.5, 0.6) is 0 Å². The summed E-state index contributed by atoms with van der Waals surface area (Å²) in [6.45, 7) is 1.95. The molecule has 14 heavy (non-hydrogen) atoms. The summed E-state index contributed by atoms with van der Waals surface area (Å²) in [5.41, 5.74) is 9.75. The summed E-state index contributed by atoms with van der Waals surface area (Å²) in [6, 6.07) is -0.178. The molecule has 0 saturated heterocycles. The molecule has 1 atom stereocenters. The molecule has 0 aliphatic carbocycles. The van der Waals surface area contributed by atoms with E-state index in [9.17, 15) is 0 Å². The van der Waals surface area contributed by atoms with Crippen LogP contribution in [-0.4, -0.2) is 20.0 Å². The van der Waals surface area contributed by atoms with Gasteiger partial charge < -0.3 is 5.73 Å². The molecule has 0 amide bonds. The van der Waals surface area contributed by atoms with Gasteiger partial charge in [0.2, 0.25) is 0 Å². The van der Waals surface area contributed by atoms with E-state index in [-0.39, 0.29) is 6.04 Å². The van der Waals surface area contributed by atoms with Crippen LogP contribution in [0, 0.1) is 6.92 Å². The molecule has 0 aliphatic rings. The molecule has 1 unspecified atom stereocenters. The normalized spacial score (nSPS) is 13.1. The van der Waals surface area contributed by atoms with E-state index >= 15 is 0 Å². The van der Waals surface area contributed by atoms with Crippen LogP contribution in [0.4, 0.5) is 0 Å². The molecule has 0 spiro atoms. The van der Waals surface area contributed by atoms with Crippen molar-refractivity contribution in [1.82, 2.24) is 20.0 Å². The van der Waals surface area contributed by atoms with Crippen LogP contribution in [0.25, 0.3) is 0 Å². The van der Waals surface area contributed by atoms with Crippen molar-refractivity contribution >= 4 is 11.3 Å². The van der Waals surface area contributed by atoms with E-state index in [2.05, 4.69) is 15.3 Å². The molecule has 0 bridgehead atoms. The summed E-state index contributed by atoms with van der Waals surface area (Å²) in [7, 11) is 1.83. The van der Waals surface area contributed by atoms with E-state index in [0.29, 0.717) is 0 Å². The molecule has 0 aliphatic heterocycles. The summed E-state index contributed by atoms with van der Waals surface area (Å²) >= 11 is 1.56. The van der Waals surface area contributed by atoms with Crippen molar-refractivity contribution in [3.8, 4) is 0 Å². The third-order valence-corrected chi connectivity index (χ3v) is 3.15. The second-order valence-corrected chi connectivity index (χ2v) is 3.95. The summed E-state index contributed by atoms with van der Waals surface area (Å²) in [6.07, 6.45) is 1.68. The number of hydrogen-bond donors (Lipinski definition) is 1. The van der Waals surface area contributed by atoms with Gasteiger partial charge in [-0.05, 0) is 6.92 Å². The Morgan fingerprint density at radius 2 is 2.36 bits per heavy atom. The maximum Gasteiger partial charge on any atom is 0.0852 e. The third-order valence-electron chi connectivity index (χ3n) is 2.13. The van der Waals surface area contributed by atoms with Crippen molar-refractivity contribution < 1.29 is 0 Å². The number of hydrogen-bond acceptors (Lipinski definition) is 5. The van der Waals surface area contributed by atoms with Crippen molar-refractivity contribution in [3.63, 3.8) is 0 Å². The van der Waals surface area contributed by atoms with E-state index in [0.717, 1.165) is 16.3 Å². The lowest BCUT2D eigenvalue weighted by atomic mass is 10.2. The fraction of sp³-hybridized carbons (Fsp3) is 0.375. The summed E-state index contributed by atoms with van der Waals surface area (Å²) < 4.78 is 1.68. The van der Waals surface area contributed by atoms with Crippen molar-refractivity contribution in [1.29, 1.82) is 0 Å². The number of aryl methyl sites for hydroxylation is 2. The second-order valence-electron chi connectivity index (χ2n) is 3.06. The van der Waals surface area contributed by atoms with E-state index in [1.165, 1.54) is 0 Å². The van der Waals surface area contributed by atoms with Crippen LogP contribution >= 0.6 is 11.3 Å². The molecule has 0 aromatic carbocycles. The Hall–Kier alpha value is -1.27. The van der Waals surface area contributed by atoms with Gasteiger partial charge in [0.1, 0.15) is 0 Å². The standard InChI is InChI=1S/C8H11N5S/c1-5-8(14-4-10-5)7(9)6-3-11-12-13(6)2/h3-4,7H,9H2,1-2H3. The summed E-state index contributed by atoms with van der Waals surface area (Å²) in [5.74, 6) is 0. The topological polar surface area (TPSA) is 69.6 Å². The molecule has 2 aromatic heterocycles. The molecule has 74 valence electrons. The van der Waals surface area contributed by atoms with E-state index in [1.54, 1.807) is 27.7 Å². The van der Waals surface area contributed by atoms with Crippen molar-refractivity contribution in [2.24, 2.45) is 12.8 Å². The Labute approximate surface area is 85.6 Å². The molecule has 2 rings (SSSR count). The molecule has 0 saturated carbocycles. The monoisotopic (exact) mass is 209 g/mol. The average Bonchev–Trinajstić information content (AvgIpc) is 2.73. The molecule has 0 fully saturated rings. The van der Waals surface area contributed by atoms with Crippen LogP contribution in [0.1, 0.15) is 22.3 Å². The highest BCUT2D eigenvalue weighted by Crippen LogP contribution is 2.24. The quantitative estimate of drug-likeness (QED) is 0.787. The maximum absolute atomic E-state index is 6.08. The molecular formula is C8H11N5S. The lowest BCUT2D eigenvalue weighted by molar-refractivity contribution is 0.653. The van der Waals surface area contributed by atoms with E-state index < -0.39 is 0 Å². The second kappa shape index (κ2) is 3.47. The summed E-state index contributed by atoms with van der Waals surface area (Å²) in [5, 5.41) is 7.65. The van der Waals surface area contributed by atoms with E-state index in [1.807, 2.05) is 14.0 Å². The first kappa shape index (κ1) is 9.29. The van der Waals surface area contributed by atoms with Gasteiger partial charge in [-0.25, -0.2) is 4.98 Å². The predicted octanol–water partition coefficient (Wildman–Crippen LogP) is 0.628. The molecular weight excluding hydrogens is 198 g/mol. The fourth-order valence-corrected chi connectivity index (χ4v) is 2.14. The first-order valence-electron chi connectivity index (χ1n) is 4.20. The molecule has 5 nitrogen and oxygen atoms in total. The average molecular weight is 209 g/mol. The highest BCUT2D eigenvalue weighted by Gasteiger charge is 2.17. The zero-order chi connectivity index (χ0) is 10.1. The molecule has 2 heterocycles. The smallest absolute Gasteiger partial charge is 0.0852 e. The SMILES string of the molecule is Cc1ncsc1C(N)c1cnnn1C. The molecule has 6 heteroatoms. The Balaban J connectivity index is 2.38. The Bertz CT molecular complexity index is 392. The highest BCUT2D eigenvalue weighted by atomic mass is 32.1. The van der Waals surface area contributed by atoms with Gasteiger partial charge in [-0.15, -0.1) is 16.4 Å². The number of nitrogens with zero attached hydrogens (tertiary/aromatic N) is 4. The van der Waals surface area contributed by atoms with Crippen LogP contribution < -0.4 is 5.73 Å². The minimum atomic E-state index is -0.178. The lowest BCUT2D eigenvalue weighted by Gasteiger charge is -2.09. The summed E-state index contributed by atoms with van der Waals surface area (Å²) in [4.78, 5) is 5.23. The Kier molecular flexibility index (Phi) is 2.30. The van der Waals surface area contributed by atoms with Gasteiger partial charge in [-0.3, -0.25) is 4.68 Å². The van der Waals surface area contributed by atoms with Gasteiger partial charge in [-0.1, -0.05) is 5.21 Å². The predicted molar refractivity (Wildman–Crippen MR) is 53.9 cm³/mol. The minimum absolute atomic E-state index is 0.178. The number of nitrogens with two attached hydrogens (primary N) is 1. The first-order chi connectivity index (χ1) is 6.70. The van der Waals surface area contributed by atoms with Gasteiger partial charge in [-0.2, -0.15) is 0 Å². The van der Waals surface area contributed by atoms with Crippen LogP contribution in [0.2, 0.25) is 0 Å². The van der Waals surface area contributed by atoms with Gasteiger partial charge >= 0.3 is 0 Å². The van der Waals surface area contributed by atoms with Crippen LogP contribution in [0.3, 0.4) is 0 Å². The molecule has 2 N–H and O–H groups in total. The van der Waals surface area contributed by atoms with Crippen molar-refractivity contribution in [3.05, 3.63) is 28.0 Å².